The zero-order chi connectivity index (χ0) is 23.1. The Labute approximate surface area is 191 Å². The zero-order valence-electron chi connectivity index (χ0n) is 18.4. The lowest BCUT2D eigenvalue weighted by atomic mass is 10.0. The van der Waals surface area contributed by atoms with Crippen molar-refractivity contribution in [2.45, 2.75) is 31.7 Å². The maximum absolute atomic E-state index is 13.1. The summed E-state index contributed by atoms with van der Waals surface area (Å²) in [5.74, 6) is -0.0968. The predicted molar refractivity (Wildman–Crippen MR) is 122 cm³/mol. The number of carbonyl (C=O) groups excluding carboxylic acids is 2. The SMILES string of the molecule is CCOC(=O)CSc1c(C#N)c(C(=O)Nc2ccc(OC)cc2)nc2c1CN(CC)CC2. The van der Waals surface area contributed by atoms with Crippen LogP contribution in [0.3, 0.4) is 0 Å². The molecule has 9 heteroatoms. The Morgan fingerprint density at radius 1 is 1.28 bits per heavy atom. The summed E-state index contributed by atoms with van der Waals surface area (Å²) in [6.07, 6.45) is 0.671. The number of carbonyl (C=O) groups is 2. The van der Waals surface area contributed by atoms with Crippen LogP contribution in [0.1, 0.15) is 41.2 Å². The van der Waals surface area contributed by atoms with Crippen LogP contribution in [0.25, 0.3) is 0 Å². The van der Waals surface area contributed by atoms with E-state index in [4.69, 9.17) is 9.47 Å². The minimum Gasteiger partial charge on any atom is -0.497 e. The average Bonchev–Trinajstić information content (AvgIpc) is 2.82. The van der Waals surface area contributed by atoms with Crippen molar-refractivity contribution in [3.05, 3.63) is 46.8 Å². The van der Waals surface area contributed by atoms with Gasteiger partial charge in [-0.05, 0) is 37.7 Å². The summed E-state index contributed by atoms with van der Waals surface area (Å²) in [4.78, 5) is 32.5. The van der Waals surface area contributed by atoms with Crippen molar-refractivity contribution >= 4 is 29.3 Å². The molecule has 0 bridgehead atoms. The molecule has 1 N–H and O–H groups in total. The van der Waals surface area contributed by atoms with Crippen LogP contribution in [0.4, 0.5) is 5.69 Å². The number of pyridine rings is 1. The fourth-order valence-electron chi connectivity index (χ4n) is 3.48. The Morgan fingerprint density at radius 2 is 2.03 bits per heavy atom. The molecule has 168 valence electrons. The number of nitrogens with zero attached hydrogens (tertiary/aromatic N) is 3. The first-order valence-corrected chi connectivity index (χ1v) is 11.4. The minimum atomic E-state index is -0.467. The molecule has 0 saturated heterocycles. The largest absolute Gasteiger partial charge is 0.497 e. The van der Waals surface area contributed by atoms with Gasteiger partial charge in [0.1, 0.15) is 17.5 Å². The standard InChI is InChI=1S/C23H26N4O4S/c1-4-27-11-10-19-18(13-27)22(32-14-20(28)31-5-2)17(12-24)21(26-19)23(29)25-15-6-8-16(30-3)9-7-15/h6-9H,4-5,10-11,13-14H2,1-3H3,(H,25,29). The average molecular weight is 455 g/mol. The number of ether oxygens (including phenoxy) is 2. The smallest absolute Gasteiger partial charge is 0.316 e. The molecule has 1 aromatic carbocycles. The van der Waals surface area contributed by atoms with Gasteiger partial charge in [0, 0.05) is 41.4 Å². The quantitative estimate of drug-likeness (QED) is 0.479. The number of amides is 1. The molecule has 0 unspecified atom stereocenters. The maximum Gasteiger partial charge on any atom is 0.316 e. The minimum absolute atomic E-state index is 0.0602. The zero-order valence-corrected chi connectivity index (χ0v) is 19.3. The van der Waals surface area contributed by atoms with E-state index in [1.165, 1.54) is 11.8 Å². The van der Waals surface area contributed by atoms with Gasteiger partial charge in [-0.25, -0.2) is 4.98 Å². The van der Waals surface area contributed by atoms with E-state index < -0.39 is 5.91 Å². The van der Waals surface area contributed by atoms with Gasteiger partial charge >= 0.3 is 5.97 Å². The topological polar surface area (TPSA) is 105 Å². The van der Waals surface area contributed by atoms with Crippen LogP contribution < -0.4 is 10.1 Å². The van der Waals surface area contributed by atoms with E-state index in [9.17, 15) is 14.9 Å². The molecule has 0 radical (unpaired) electrons. The van der Waals surface area contributed by atoms with E-state index in [2.05, 4.69) is 28.2 Å². The molecule has 2 heterocycles. The number of rotatable bonds is 8. The van der Waals surface area contributed by atoms with Crippen molar-refractivity contribution in [3.8, 4) is 11.8 Å². The van der Waals surface area contributed by atoms with Crippen LogP contribution >= 0.6 is 11.8 Å². The maximum atomic E-state index is 13.1. The van der Waals surface area contributed by atoms with Gasteiger partial charge in [0.25, 0.3) is 5.91 Å². The van der Waals surface area contributed by atoms with Gasteiger partial charge in [0.2, 0.25) is 0 Å². The molecule has 1 aliphatic rings. The van der Waals surface area contributed by atoms with E-state index >= 15 is 0 Å². The van der Waals surface area contributed by atoms with E-state index in [1.54, 1.807) is 38.3 Å². The van der Waals surface area contributed by atoms with E-state index in [0.717, 1.165) is 24.3 Å². The van der Waals surface area contributed by atoms with Gasteiger partial charge in [0.15, 0.2) is 0 Å². The lowest BCUT2D eigenvalue weighted by molar-refractivity contribution is -0.139. The number of nitriles is 1. The van der Waals surface area contributed by atoms with E-state index in [0.29, 0.717) is 29.3 Å². The highest BCUT2D eigenvalue weighted by Gasteiger charge is 2.28. The van der Waals surface area contributed by atoms with Crippen molar-refractivity contribution < 1.29 is 19.1 Å². The normalized spacial score (nSPS) is 13.1. The molecule has 0 aliphatic carbocycles. The summed E-state index contributed by atoms with van der Waals surface area (Å²) in [7, 11) is 1.57. The van der Waals surface area contributed by atoms with Crippen LogP contribution in [0, 0.1) is 11.3 Å². The van der Waals surface area contributed by atoms with Gasteiger partial charge in [-0.1, -0.05) is 6.92 Å². The summed E-state index contributed by atoms with van der Waals surface area (Å²) in [6, 6.07) is 9.07. The van der Waals surface area contributed by atoms with Crippen LogP contribution in [-0.2, 0) is 22.5 Å². The summed E-state index contributed by atoms with van der Waals surface area (Å²) in [5.41, 5.74) is 2.52. The van der Waals surface area contributed by atoms with Gasteiger partial charge in [-0.15, -0.1) is 11.8 Å². The van der Waals surface area contributed by atoms with Gasteiger partial charge in [-0.2, -0.15) is 5.26 Å². The molecule has 32 heavy (non-hydrogen) atoms. The first kappa shape index (κ1) is 23.6. The molecule has 1 amide bonds. The molecule has 0 atom stereocenters. The van der Waals surface area contributed by atoms with Crippen LogP contribution in [0.2, 0.25) is 0 Å². The number of hydrogen-bond acceptors (Lipinski definition) is 8. The van der Waals surface area contributed by atoms with Crippen LogP contribution in [-0.4, -0.2) is 54.3 Å². The Hall–Kier alpha value is -3.09. The fraction of sp³-hybridized carbons (Fsp3) is 0.391. The van der Waals surface area contributed by atoms with Crippen LogP contribution in [0.5, 0.6) is 5.75 Å². The molecule has 0 fully saturated rings. The summed E-state index contributed by atoms with van der Waals surface area (Å²) < 4.78 is 10.2. The Kier molecular flexibility index (Phi) is 8.09. The summed E-state index contributed by atoms with van der Waals surface area (Å²) in [5, 5.41) is 12.8. The van der Waals surface area contributed by atoms with Crippen molar-refractivity contribution in [1.82, 2.24) is 9.88 Å². The van der Waals surface area contributed by atoms with E-state index in [1.807, 2.05) is 0 Å². The predicted octanol–water partition coefficient (Wildman–Crippen LogP) is 3.25. The second-order valence-corrected chi connectivity index (χ2v) is 8.08. The summed E-state index contributed by atoms with van der Waals surface area (Å²) >= 11 is 1.23. The molecular formula is C23H26N4O4S. The number of methoxy groups -OCH3 is 1. The number of benzene rings is 1. The third kappa shape index (κ3) is 5.39. The lowest BCUT2D eigenvalue weighted by Crippen LogP contribution is -2.32. The van der Waals surface area contributed by atoms with E-state index in [-0.39, 0.29) is 29.6 Å². The highest BCUT2D eigenvalue weighted by Crippen LogP contribution is 2.34. The summed E-state index contributed by atoms with van der Waals surface area (Å²) in [6.45, 7) is 6.42. The molecule has 1 aliphatic heterocycles. The number of thioether (sulfide) groups is 1. The highest BCUT2D eigenvalue weighted by molar-refractivity contribution is 8.00. The number of fused-ring (bicyclic) bond motifs is 1. The highest BCUT2D eigenvalue weighted by atomic mass is 32.2. The molecule has 8 nitrogen and oxygen atoms in total. The van der Waals surface area contributed by atoms with Crippen molar-refractivity contribution in [3.63, 3.8) is 0 Å². The number of nitrogens with one attached hydrogen (secondary N) is 1. The van der Waals surface area contributed by atoms with Crippen molar-refractivity contribution in [2.75, 3.05) is 37.9 Å². The Morgan fingerprint density at radius 3 is 2.66 bits per heavy atom. The third-order valence-electron chi connectivity index (χ3n) is 5.14. The number of anilines is 1. The van der Waals surface area contributed by atoms with Crippen LogP contribution in [0.15, 0.2) is 29.2 Å². The van der Waals surface area contributed by atoms with Gasteiger partial charge in [0.05, 0.1) is 25.0 Å². The molecule has 0 saturated carbocycles. The second kappa shape index (κ2) is 11.0. The second-order valence-electron chi connectivity index (χ2n) is 7.10. The first-order valence-electron chi connectivity index (χ1n) is 10.4. The first-order chi connectivity index (χ1) is 15.5. The number of esters is 1. The van der Waals surface area contributed by atoms with Gasteiger partial charge < -0.3 is 14.8 Å². The Balaban J connectivity index is 1.98. The Bertz CT molecular complexity index is 1030. The molecule has 1 aromatic heterocycles. The number of hydrogen-bond donors (Lipinski definition) is 1. The fourth-order valence-corrected chi connectivity index (χ4v) is 4.47. The number of aromatic nitrogens is 1. The monoisotopic (exact) mass is 454 g/mol. The lowest BCUT2D eigenvalue weighted by Gasteiger charge is -2.29. The third-order valence-corrected chi connectivity index (χ3v) is 6.26. The van der Waals surface area contributed by atoms with Crippen molar-refractivity contribution in [1.29, 1.82) is 5.26 Å². The molecule has 2 aromatic rings. The van der Waals surface area contributed by atoms with Crippen molar-refractivity contribution in [2.24, 2.45) is 0 Å². The van der Waals surface area contributed by atoms with Gasteiger partial charge in [-0.3, -0.25) is 14.5 Å². The number of likely N-dealkylation sites (N-methyl/N-ethyl adjacent to an activating group) is 1. The molecular weight excluding hydrogens is 428 g/mol. The molecule has 3 rings (SSSR count). The molecule has 0 spiro atoms.